The third-order valence-electron chi connectivity index (χ3n) is 2.95. The standard InChI is InChI=1S/C12H16N2O5S/c1-4-8(2)12(15)13-20(18,19)11-6-5-10(14(16)17)7-9(11)3/h5-8H,4H2,1-3H3,(H,13,15)/t8-/m0/s1. The van der Waals surface area contributed by atoms with Crippen molar-refractivity contribution in [2.75, 3.05) is 0 Å². The quantitative estimate of drug-likeness (QED) is 0.658. The van der Waals surface area contributed by atoms with Gasteiger partial charge in [0.25, 0.3) is 15.7 Å². The second-order valence-corrected chi connectivity index (χ2v) is 6.14. The van der Waals surface area contributed by atoms with E-state index in [-0.39, 0.29) is 16.1 Å². The minimum absolute atomic E-state index is 0.139. The number of rotatable bonds is 5. The van der Waals surface area contributed by atoms with Crippen LogP contribution in [0.3, 0.4) is 0 Å². The van der Waals surface area contributed by atoms with E-state index in [2.05, 4.69) is 0 Å². The van der Waals surface area contributed by atoms with E-state index in [0.29, 0.717) is 6.42 Å². The Labute approximate surface area is 117 Å². The van der Waals surface area contributed by atoms with E-state index in [1.807, 2.05) is 4.72 Å². The largest absolute Gasteiger partial charge is 0.274 e. The number of hydrogen-bond donors (Lipinski definition) is 1. The van der Waals surface area contributed by atoms with Gasteiger partial charge in [-0.2, -0.15) is 0 Å². The van der Waals surface area contributed by atoms with Crippen LogP contribution in [0, 0.1) is 23.0 Å². The fraction of sp³-hybridized carbons (Fsp3) is 0.417. The number of sulfonamides is 1. The zero-order chi connectivity index (χ0) is 15.5. The molecule has 0 aliphatic carbocycles. The van der Waals surface area contributed by atoms with Crippen molar-refractivity contribution in [3.8, 4) is 0 Å². The van der Waals surface area contributed by atoms with Crippen molar-refractivity contribution in [2.45, 2.75) is 32.1 Å². The van der Waals surface area contributed by atoms with Gasteiger partial charge in [-0.1, -0.05) is 13.8 Å². The number of nitrogens with zero attached hydrogens (tertiary/aromatic N) is 1. The first-order valence-corrected chi connectivity index (χ1v) is 7.49. The lowest BCUT2D eigenvalue weighted by atomic mass is 10.1. The summed E-state index contributed by atoms with van der Waals surface area (Å²) in [7, 11) is -4.01. The average molecular weight is 300 g/mol. The Morgan fingerprint density at radius 1 is 1.45 bits per heavy atom. The normalized spacial score (nSPS) is 12.8. The number of amides is 1. The van der Waals surface area contributed by atoms with E-state index in [4.69, 9.17) is 0 Å². The monoisotopic (exact) mass is 300 g/mol. The van der Waals surface area contributed by atoms with E-state index in [0.717, 1.165) is 18.2 Å². The summed E-state index contributed by atoms with van der Waals surface area (Å²) in [5.41, 5.74) is 0.0124. The number of benzene rings is 1. The van der Waals surface area contributed by atoms with Gasteiger partial charge in [0.2, 0.25) is 5.91 Å². The summed E-state index contributed by atoms with van der Waals surface area (Å²) in [6.07, 6.45) is 0.514. The Hall–Kier alpha value is -1.96. The smallest absolute Gasteiger partial charge is 0.269 e. The zero-order valence-corrected chi connectivity index (χ0v) is 12.2. The Bertz CT molecular complexity index is 639. The highest BCUT2D eigenvalue weighted by atomic mass is 32.2. The van der Waals surface area contributed by atoms with Gasteiger partial charge < -0.3 is 0 Å². The van der Waals surface area contributed by atoms with Crippen molar-refractivity contribution in [1.82, 2.24) is 4.72 Å². The van der Waals surface area contributed by atoms with Crippen molar-refractivity contribution < 1.29 is 18.1 Å². The highest BCUT2D eigenvalue weighted by molar-refractivity contribution is 7.90. The van der Waals surface area contributed by atoms with Gasteiger partial charge in [-0.25, -0.2) is 13.1 Å². The van der Waals surface area contributed by atoms with Gasteiger partial charge in [0.1, 0.15) is 0 Å². The molecule has 7 nitrogen and oxygen atoms in total. The highest BCUT2D eigenvalue weighted by Crippen LogP contribution is 2.21. The van der Waals surface area contributed by atoms with Crippen LogP contribution in [0.5, 0.6) is 0 Å². The molecule has 20 heavy (non-hydrogen) atoms. The molecular formula is C12H16N2O5S. The van der Waals surface area contributed by atoms with E-state index in [1.54, 1.807) is 13.8 Å². The summed E-state index contributed by atoms with van der Waals surface area (Å²) in [6, 6.07) is 3.37. The fourth-order valence-corrected chi connectivity index (χ4v) is 2.83. The Morgan fingerprint density at radius 2 is 2.05 bits per heavy atom. The maximum Gasteiger partial charge on any atom is 0.269 e. The van der Waals surface area contributed by atoms with Crippen LogP contribution < -0.4 is 4.72 Å². The van der Waals surface area contributed by atoms with Crippen LogP contribution in [0.4, 0.5) is 5.69 Å². The molecule has 1 N–H and O–H groups in total. The van der Waals surface area contributed by atoms with E-state index in [1.165, 1.54) is 6.92 Å². The third kappa shape index (κ3) is 3.53. The third-order valence-corrected chi connectivity index (χ3v) is 4.46. The summed E-state index contributed by atoms with van der Waals surface area (Å²) >= 11 is 0. The predicted octanol–water partition coefficient (Wildman–Crippen LogP) is 1.75. The summed E-state index contributed by atoms with van der Waals surface area (Å²) in [5.74, 6) is -1.02. The van der Waals surface area contributed by atoms with Crippen LogP contribution in [0.2, 0.25) is 0 Å². The summed E-state index contributed by atoms with van der Waals surface area (Å²) < 4.78 is 26.1. The molecule has 0 aliphatic heterocycles. The first-order chi connectivity index (χ1) is 9.19. The number of nitrogens with one attached hydrogen (secondary N) is 1. The molecule has 0 unspecified atom stereocenters. The minimum atomic E-state index is -4.01. The van der Waals surface area contributed by atoms with E-state index >= 15 is 0 Å². The average Bonchev–Trinajstić information content (AvgIpc) is 2.36. The van der Waals surface area contributed by atoms with Crippen LogP contribution in [-0.4, -0.2) is 19.2 Å². The number of carbonyl (C=O) groups excluding carboxylic acids is 1. The van der Waals surface area contributed by atoms with Gasteiger partial charge in [-0.15, -0.1) is 0 Å². The van der Waals surface area contributed by atoms with Crippen LogP contribution in [0.15, 0.2) is 23.1 Å². The molecule has 8 heteroatoms. The summed E-state index contributed by atoms with van der Waals surface area (Å²) in [4.78, 5) is 21.5. The SMILES string of the molecule is CC[C@H](C)C(=O)NS(=O)(=O)c1ccc([N+](=O)[O-])cc1C. The maximum absolute atomic E-state index is 12.1. The summed E-state index contributed by atoms with van der Waals surface area (Å²) in [6.45, 7) is 4.83. The first kappa shape index (κ1) is 16.1. The number of carbonyl (C=O) groups is 1. The number of hydrogen-bond acceptors (Lipinski definition) is 5. The zero-order valence-electron chi connectivity index (χ0n) is 11.4. The molecule has 1 aromatic carbocycles. The first-order valence-electron chi connectivity index (χ1n) is 6.00. The van der Waals surface area contributed by atoms with Gasteiger partial charge >= 0.3 is 0 Å². The van der Waals surface area contributed by atoms with Gasteiger partial charge in [-0.3, -0.25) is 14.9 Å². The van der Waals surface area contributed by atoms with Gasteiger partial charge in [0.05, 0.1) is 9.82 Å². The molecule has 110 valence electrons. The molecule has 0 aromatic heterocycles. The molecule has 1 atom stereocenters. The molecule has 0 spiro atoms. The van der Waals surface area contributed by atoms with Gasteiger partial charge in [-0.05, 0) is 25.0 Å². The van der Waals surface area contributed by atoms with E-state index < -0.39 is 26.8 Å². The molecule has 0 bridgehead atoms. The maximum atomic E-state index is 12.1. The molecule has 0 radical (unpaired) electrons. The lowest BCUT2D eigenvalue weighted by Gasteiger charge is -2.12. The molecule has 1 aromatic rings. The molecule has 0 aliphatic rings. The van der Waals surface area contributed by atoms with Crippen molar-refractivity contribution >= 4 is 21.6 Å². The van der Waals surface area contributed by atoms with Gasteiger partial charge in [0.15, 0.2) is 0 Å². The molecule has 1 rings (SSSR count). The predicted molar refractivity (Wildman–Crippen MR) is 72.6 cm³/mol. The van der Waals surface area contributed by atoms with Crippen LogP contribution in [0.1, 0.15) is 25.8 Å². The van der Waals surface area contributed by atoms with Crippen molar-refractivity contribution in [3.05, 3.63) is 33.9 Å². The lowest BCUT2D eigenvalue weighted by molar-refractivity contribution is -0.385. The Morgan fingerprint density at radius 3 is 2.50 bits per heavy atom. The van der Waals surface area contributed by atoms with Crippen LogP contribution in [-0.2, 0) is 14.8 Å². The Kier molecular flexibility index (Phi) is 4.83. The Balaban J connectivity index is 3.11. The van der Waals surface area contributed by atoms with Crippen LogP contribution in [0.25, 0.3) is 0 Å². The van der Waals surface area contributed by atoms with E-state index in [9.17, 15) is 23.3 Å². The molecular weight excluding hydrogens is 284 g/mol. The molecule has 0 fully saturated rings. The molecule has 1 amide bonds. The number of nitro groups is 1. The molecule has 0 saturated carbocycles. The van der Waals surface area contributed by atoms with Crippen LogP contribution >= 0.6 is 0 Å². The van der Waals surface area contributed by atoms with Crippen molar-refractivity contribution in [3.63, 3.8) is 0 Å². The van der Waals surface area contributed by atoms with Gasteiger partial charge in [0, 0.05) is 18.1 Å². The molecule has 0 heterocycles. The number of aryl methyl sites for hydroxylation is 1. The fourth-order valence-electron chi connectivity index (χ4n) is 1.52. The number of non-ortho nitro benzene ring substituents is 1. The second-order valence-electron chi connectivity index (χ2n) is 4.49. The van der Waals surface area contributed by atoms with Crippen molar-refractivity contribution in [2.24, 2.45) is 5.92 Å². The highest BCUT2D eigenvalue weighted by Gasteiger charge is 2.23. The second kappa shape index (κ2) is 6.00. The lowest BCUT2D eigenvalue weighted by Crippen LogP contribution is -2.34. The number of nitro benzene ring substituents is 1. The minimum Gasteiger partial charge on any atom is -0.274 e. The topological polar surface area (TPSA) is 106 Å². The summed E-state index contributed by atoms with van der Waals surface area (Å²) in [5, 5.41) is 10.6. The van der Waals surface area contributed by atoms with Crippen molar-refractivity contribution in [1.29, 1.82) is 0 Å². The molecule has 0 saturated heterocycles.